The number of hydrogen-bond donors (Lipinski definition) is 2. The van der Waals surface area contributed by atoms with Crippen LogP contribution in [0, 0.1) is 6.92 Å². The Bertz CT molecular complexity index is 1820. The number of thioether (sulfide) groups is 1. The number of carbonyl (C=O) groups excluding carboxylic acids is 1. The van der Waals surface area contributed by atoms with Crippen LogP contribution >= 0.6 is 23.4 Å². The zero-order valence-corrected chi connectivity index (χ0v) is 24.7. The predicted molar refractivity (Wildman–Crippen MR) is 164 cm³/mol. The van der Waals surface area contributed by atoms with Crippen molar-refractivity contribution in [2.45, 2.75) is 42.7 Å². The van der Waals surface area contributed by atoms with Crippen LogP contribution < -0.4 is 15.6 Å². The van der Waals surface area contributed by atoms with Gasteiger partial charge in [0.25, 0.3) is 15.6 Å². The third-order valence-electron chi connectivity index (χ3n) is 6.61. The fourth-order valence-corrected chi connectivity index (χ4v) is 6.61. The second-order valence-corrected chi connectivity index (χ2v) is 12.6. The van der Waals surface area contributed by atoms with Crippen molar-refractivity contribution < 1.29 is 13.2 Å². The molecule has 1 amide bonds. The highest BCUT2D eigenvalue weighted by Gasteiger charge is 2.19. The molecule has 0 atom stereocenters. The van der Waals surface area contributed by atoms with Crippen LogP contribution in [0.25, 0.3) is 16.6 Å². The van der Waals surface area contributed by atoms with E-state index in [-0.39, 0.29) is 22.1 Å². The number of amidine groups is 1. The van der Waals surface area contributed by atoms with E-state index in [1.807, 2.05) is 6.92 Å². The first-order valence-electron chi connectivity index (χ1n) is 13.1. The van der Waals surface area contributed by atoms with E-state index in [0.717, 1.165) is 31.0 Å². The van der Waals surface area contributed by atoms with Gasteiger partial charge in [-0.15, -0.1) is 0 Å². The molecule has 0 saturated carbocycles. The molecule has 9 nitrogen and oxygen atoms in total. The Morgan fingerprint density at radius 1 is 1.05 bits per heavy atom. The number of benzene rings is 3. The minimum atomic E-state index is -3.86. The topological polar surface area (TPSA) is 123 Å². The van der Waals surface area contributed by atoms with E-state index >= 15 is 0 Å². The Morgan fingerprint density at radius 3 is 2.71 bits per heavy atom. The van der Waals surface area contributed by atoms with Gasteiger partial charge in [-0.05, 0) is 67.8 Å². The Morgan fingerprint density at radius 2 is 1.85 bits per heavy atom. The van der Waals surface area contributed by atoms with Gasteiger partial charge in [-0.1, -0.05) is 54.0 Å². The van der Waals surface area contributed by atoms with Gasteiger partial charge in [-0.3, -0.25) is 23.9 Å². The average molecular weight is 610 g/mol. The van der Waals surface area contributed by atoms with Crippen LogP contribution in [0.15, 0.2) is 86.6 Å². The van der Waals surface area contributed by atoms with E-state index < -0.39 is 10.0 Å². The summed E-state index contributed by atoms with van der Waals surface area (Å²) in [6.07, 6.45) is 3.41. The number of sulfonamides is 1. The molecular formula is C29H28ClN5O4S2. The molecular weight excluding hydrogens is 582 g/mol. The molecule has 5 rings (SSSR count). The number of aromatic nitrogens is 2. The molecule has 2 N–H and O–H groups in total. The molecule has 41 heavy (non-hydrogen) atoms. The van der Waals surface area contributed by atoms with Gasteiger partial charge in [-0.2, -0.15) is 0 Å². The molecule has 212 valence electrons. The summed E-state index contributed by atoms with van der Waals surface area (Å²) in [5.74, 6) is -0.00388. The van der Waals surface area contributed by atoms with Crippen molar-refractivity contribution in [1.82, 2.24) is 14.3 Å². The number of halogens is 1. The third kappa shape index (κ3) is 6.64. The van der Waals surface area contributed by atoms with E-state index in [9.17, 15) is 18.0 Å². The van der Waals surface area contributed by atoms with E-state index in [0.29, 0.717) is 56.8 Å². The summed E-state index contributed by atoms with van der Waals surface area (Å²) >= 11 is 7.45. The van der Waals surface area contributed by atoms with Crippen molar-refractivity contribution in [2.24, 2.45) is 4.99 Å². The monoisotopic (exact) mass is 609 g/mol. The molecule has 0 aliphatic carbocycles. The minimum absolute atomic E-state index is 0.0244. The van der Waals surface area contributed by atoms with E-state index in [1.165, 1.54) is 16.7 Å². The van der Waals surface area contributed by atoms with Gasteiger partial charge in [0, 0.05) is 23.7 Å². The number of carbonyl (C=O) groups is 1. The molecule has 0 saturated heterocycles. The second-order valence-electron chi connectivity index (χ2n) is 9.55. The lowest BCUT2D eigenvalue weighted by molar-refractivity contribution is -0.113. The lowest BCUT2D eigenvalue weighted by Gasteiger charge is -2.16. The Kier molecular flexibility index (Phi) is 8.77. The summed E-state index contributed by atoms with van der Waals surface area (Å²) in [4.78, 5) is 35.5. The van der Waals surface area contributed by atoms with Crippen LogP contribution in [0.4, 0.5) is 5.69 Å². The van der Waals surface area contributed by atoms with Crippen LogP contribution in [-0.4, -0.2) is 42.0 Å². The number of rotatable bonds is 7. The molecule has 0 radical (unpaired) electrons. The predicted octanol–water partition coefficient (Wildman–Crippen LogP) is 5.33. The van der Waals surface area contributed by atoms with E-state index in [1.54, 1.807) is 54.6 Å². The highest BCUT2D eigenvalue weighted by atomic mass is 35.5. The molecule has 1 aliphatic heterocycles. The fourth-order valence-electron chi connectivity index (χ4n) is 4.50. The quantitative estimate of drug-likeness (QED) is 0.216. The first-order valence-corrected chi connectivity index (χ1v) is 15.9. The van der Waals surface area contributed by atoms with Crippen molar-refractivity contribution in [3.8, 4) is 5.69 Å². The number of nitrogens with one attached hydrogen (secondary N) is 2. The van der Waals surface area contributed by atoms with E-state index in [4.69, 9.17) is 11.6 Å². The van der Waals surface area contributed by atoms with Crippen LogP contribution in [0.3, 0.4) is 0 Å². The summed E-state index contributed by atoms with van der Waals surface area (Å²) in [5, 5.41) is 4.04. The zero-order valence-electron chi connectivity index (χ0n) is 22.3. The van der Waals surface area contributed by atoms with Crippen molar-refractivity contribution in [3.63, 3.8) is 0 Å². The SMILES string of the molecule is Cc1c(Cl)cccc1-n1c(SCC(=O)Nc2cccc(S(=O)(=O)NC3=NCCCCC3)c2)nc2ccccc2c1=O. The van der Waals surface area contributed by atoms with Crippen LogP contribution in [-0.2, 0) is 14.8 Å². The Labute approximate surface area is 247 Å². The van der Waals surface area contributed by atoms with Crippen molar-refractivity contribution >= 4 is 61.7 Å². The van der Waals surface area contributed by atoms with Gasteiger partial charge in [0.1, 0.15) is 5.84 Å². The number of fused-ring (bicyclic) bond motifs is 1. The van der Waals surface area contributed by atoms with Gasteiger partial charge in [0.2, 0.25) is 5.91 Å². The van der Waals surface area contributed by atoms with Crippen LogP contribution in [0.5, 0.6) is 0 Å². The smallest absolute Gasteiger partial charge is 0.266 e. The van der Waals surface area contributed by atoms with Crippen molar-refractivity contribution in [3.05, 3.63) is 87.7 Å². The normalized spacial score (nSPS) is 13.9. The average Bonchev–Trinajstić information content (AvgIpc) is 3.22. The first kappa shape index (κ1) is 28.8. The summed E-state index contributed by atoms with van der Waals surface area (Å²) in [6.45, 7) is 2.42. The molecule has 1 aromatic heterocycles. The minimum Gasteiger partial charge on any atom is -0.325 e. The van der Waals surface area contributed by atoms with Gasteiger partial charge in [0.05, 0.1) is 27.2 Å². The Hall–Kier alpha value is -3.67. The molecule has 0 bridgehead atoms. The van der Waals surface area contributed by atoms with Crippen LogP contribution in [0.1, 0.15) is 31.2 Å². The number of nitrogens with zero attached hydrogens (tertiary/aromatic N) is 3. The molecule has 0 spiro atoms. The highest BCUT2D eigenvalue weighted by molar-refractivity contribution is 7.99. The largest absolute Gasteiger partial charge is 0.325 e. The van der Waals surface area contributed by atoms with Gasteiger partial charge >= 0.3 is 0 Å². The van der Waals surface area contributed by atoms with Crippen molar-refractivity contribution in [2.75, 3.05) is 17.6 Å². The van der Waals surface area contributed by atoms with Gasteiger partial charge in [0.15, 0.2) is 5.16 Å². The Balaban J connectivity index is 1.36. The maximum atomic E-state index is 13.5. The lowest BCUT2D eigenvalue weighted by Crippen LogP contribution is -2.30. The number of para-hydroxylation sites is 1. The summed E-state index contributed by atoms with van der Waals surface area (Å²) in [6, 6.07) is 18.4. The van der Waals surface area contributed by atoms with Gasteiger partial charge in [-0.25, -0.2) is 13.4 Å². The maximum Gasteiger partial charge on any atom is 0.266 e. The molecule has 3 aromatic carbocycles. The molecule has 4 aromatic rings. The lowest BCUT2D eigenvalue weighted by atomic mass is 10.2. The molecule has 12 heteroatoms. The van der Waals surface area contributed by atoms with Gasteiger partial charge < -0.3 is 5.32 Å². The number of aliphatic imine (C=N–C) groups is 1. The number of amides is 1. The zero-order chi connectivity index (χ0) is 29.0. The molecule has 0 unspecified atom stereocenters. The molecule has 2 heterocycles. The van der Waals surface area contributed by atoms with Crippen LogP contribution in [0.2, 0.25) is 5.02 Å². The summed E-state index contributed by atoms with van der Waals surface area (Å²) < 4.78 is 30.0. The van der Waals surface area contributed by atoms with E-state index in [2.05, 4.69) is 20.0 Å². The number of hydrogen-bond acceptors (Lipinski definition) is 7. The van der Waals surface area contributed by atoms with Crippen molar-refractivity contribution in [1.29, 1.82) is 0 Å². The summed E-state index contributed by atoms with van der Waals surface area (Å²) in [7, 11) is -3.86. The maximum absolute atomic E-state index is 13.5. The second kappa shape index (κ2) is 12.5. The fraction of sp³-hybridized carbons (Fsp3) is 0.241. The molecule has 0 fully saturated rings. The third-order valence-corrected chi connectivity index (χ3v) is 9.34. The number of anilines is 1. The first-order chi connectivity index (χ1) is 19.7. The molecule has 1 aliphatic rings. The highest BCUT2D eigenvalue weighted by Crippen LogP contribution is 2.27. The standard InChI is InChI=1S/C29H28ClN5O4S2/c1-19-23(30)12-8-14-25(19)35-28(37)22-11-4-5-13-24(22)33-29(35)40-18-27(36)32-20-9-7-10-21(17-20)41(38,39)34-26-15-3-2-6-16-31-26/h4-5,7-14,17H,2-3,6,15-16,18H2,1H3,(H,31,34)(H,32,36). The summed E-state index contributed by atoms with van der Waals surface area (Å²) in [5.41, 5.74) is 1.86.